The van der Waals surface area contributed by atoms with Crippen molar-refractivity contribution in [3.63, 3.8) is 0 Å². The van der Waals surface area contributed by atoms with Gasteiger partial charge in [0.05, 0.1) is 13.2 Å². The molecule has 0 radical (unpaired) electrons. The molecule has 0 atom stereocenters. The molecule has 2 rings (SSSR count). The largest absolute Gasteiger partial charge is 0.483 e. The second-order valence-electron chi connectivity index (χ2n) is 4.58. The summed E-state index contributed by atoms with van der Waals surface area (Å²) < 4.78 is 10.3. The molecule has 1 aliphatic rings. The lowest BCUT2D eigenvalue weighted by Crippen LogP contribution is -2.26. The molecule has 0 spiro atoms. The molecule has 6 heteroatoms. The minimum absolute atomic E-state index is 0.279. The van der Waals surface area contributed by atoms with Gasteiger partial charge >= 0.3 is 5.97 Å². The first-order chi connectivity index (χ1) is 9.67. The van der Waals surface area contributed by atoms with Gasteiger partial charge in [0.25, 0.3) is 0 Å². The maximum atomic E-state index is 12.2. The van der Waals surface area contributed by atoms with Crippen molar-refractivity contribution in [3.8, 4) is 0 Å². The van der Waals surface area contributed by atoms with Crippen LogP contribution < -0.4 is 0 Å². The molecule has 1 aromatic rings. The molecular weight excluding hydrogens is 276 g/mol. The predicted molar refractivity (Wildman–Crippen MR) is 80.1 cm³/mol. The van der Waals surface area contributed by atoms with Crippen LogP contribution in [-0.2, 0) is 22.4 Å². The Balaban J connectivity index is 2.36. The fourth-order valence-electron chi connectivity index (χ4n) is 2.18. The number of aliphatic imine (C=N–C) groups is 1. The van der Waals surface area contributed by atoms with Crippen LogP contribution in [0.3, 0.4) is 0 Å². The van der Waals surface area contributed by atoms with E-state index in [1.54, 1.807) is 11.3 Å². The monoisotopic (exact) mass is 296 g/mol. The van der Waals surface area contributed by atoms with Crippen LogP contribution >= 0.6 is 11.3 Å². The maximum Gasteiger partial charge on any atom is 0.341 e. The molecule has 0 N–H and O–H groups in total. The van der Waals surface area contributed by atoms with Gasteiger partial charge in [-0.2, -0.15) is 0 Å². The van der Waals surface area contributed by atoms with E-state index in [1.807, 2.05) is 13.8 Å². The fraction of sp³-hybridized carbons (Fsp3) is 0.571. The zero-order valence-corrected chi connectivity index (χ0v) is 13.0. The first-order valence-electron chi connectivity index (χ1n) is 6.81. The van der Waals surface area contributed by atoms with Gasteiger partial charge in [-0.3, -0.25) is 0 Å². The Morgan fingerprint density at radius 2 is 2.25 bits per heavy atom. The van der Waals surface area contributed by atoms with Gasteiger partial charge in [-0.15, -0.1) is 11.3 Å². The van der Waals surface area contributed by atoms with Crippen LogP contribution in [0.2, 0.25) is 0 Å². The molecule has 110 valence electrons. The van der Waals surface area contributed by atoms with Crippen LogP contribution in [0, 0.1) is 0 Å². The summed E-state index contributed by atoms with van der Waals surface area (Å²) in [6.45, 7) is 6.45. The highest BCUT2D eigenvalue weighted by Crippen LogP contribution is 2.39. The van der Waals surface area contributed by atoms with Crippen molar-refractivity contribution in [1.29, 1.82) is 0 Å². The van der Waals surface area contributed by atoms with Crippen molar-refractivity contribution in [2.75, 3.05) is 26.8 Å². The highest BCUT2D eigenvalue weighted by molar-refractivity contribution is 7.16. The topological polar surface area (TPSA) is 51.1 Å². The van der Waals surface area contributed by atoms with Crippen LogP contribution in [0.25, 0.3) is 0 Å². The Kier molecular flexibility index (Phi) is 5.14. The molecule has 0 aromatic carbocycles. The summed E-state index contributed by atoms with van der Waals surface area (Å²) in [4.78, 5) is 19.9. The number of thiophene rings is 1. The van der Waals surface area contributed by atoms with Crippen molar-refractivity contribution in [3.05, 3.63) is 16.0 Å². The van der Waals surface area contributed by atoms with Gasteiger partial charge in [0, 0.05) is 18.0 Å². The van der Waals surface area contributed by atoms with Gasteiger partial charge in [-0.25, -0.2) is 9.79 Å². The Hall–Kier alpha value is -1.40. The van der Waals surface area contributed by atoms with E-state index in [-0.39, 0.29) is 5.97 Å². The molecule has 20 heavy (non-hydrogen) atoms. The average Bonchev–Trinajstić information content (AvgIpc) is 2.76. The van der Waals surface area contributed by atoms with Crippen molar-refractivity contribution >= 4 is 28.7 Å². The molecular formula is C14H20N2O3S. The van der Waals surface area contributed by atoms with Gasteiger partial charge in [0.1, 0.15) is 10.6 Å². The Morgan fingerprint density at radius 1 is 1.45 bits per heavy atom. The number of rotatable bonds is 5. The summed E-state index contributed by atoms with van der Waals surface area (Å²) in [6.07, 6.45) is 2.27. The Labute approximate surface area is 123 Å². The zero-order chi connectivity index (χ0) is 14.5. The standard InChI is InChI=1S/C14H20N2O3S/c1-4-18-9-15-13-12(14(17)19-5-2)10-6-7-16(3)8-11(10)20-13/h9H,4-8H2,1-3H3. The molecule has 0 saturated heterocycles. The van der Waals surface area contributed by atoms with Crippen molar-refractivity contribution < 1.29 is 14.3 Å². The summed E-state index contributed by atoms with van der Waals surface area (Å²) in [5.41, 5.74) is 1.71. The van der Waals surface area contributed by atoms with E-state index in [0.717, 1.165) is 25.1 Å². The van der Waals surface area contributed by atoms with E-state index in [9.17, 15) is 4.79 Å². The zero-order valence-electron chi connectivity index (χ0n) is 12.1. The van der Waals surface area contributed by atoms with E-state index >= 15 is 0 Å². The van der Waals surface area contributed by atoms with Crippen LogP contribution in [0.15, 0.2) is 4.99 Å². The Morgan fingerprint density at radius 3 is 2.95 bits per heavy atom. The normalized spacial score (nSPS) is 15.3. The van der Waals surface area contributed by atoms with E-state index < -0.39 is 0 Å². The summed E-state index contributed by atoms with van der Waals surface area (Å²) >= 11 is 1.55. The van der Waals surface area contributed by atoms with Gasteiger partial charge in [-0.1, -0.05) is 0 Å². The van der Waals surface area contributed by atoms with E-state index in [1.165, 1.54) is 11.3 Å². The number of carbonyl (C=O) groups excluding carboxylic acids is 1. The van der Waals surface area contributed by atoms with E-state index in [0.29, 0.717) is 23.8 Å². The van der Waals surface area contributed by atoms with Crippen molar-refractivity contribution in [2.24, 2.45) is 4.99 Å². The summed E-state index contributed by atoms with van der Waals surface area (Å²) in [5, 5.41) is 0.692. The van der Waals surface area contributed by atoms with Gasteiger partial charge in [0.2, 0.25) is 0 Å². The minimum atomic E-state index is -0.279. The van der Waals surface area contributed by atoms with E-state index in [4.69, 9.17) is 9.47 Å². The molecule has 0 bridgehead atoms. The van der Waals surface area contributed by atoms with Crippen molar-refractivity contribution in [2.45, 2.75) is 26.8 Å². The minimum Gasteiger partial charge on any atom is -0.483 e. The quantitative estimate of drug-likeness (QED) is 0.476. The summed E-state index contributed by atoms with van der Waals surface area (Å²) in [7, 11) is 2.08. The highest BCUT2D eigenvalue weighted by atomic mass is 32.1. The highest BCUT2D eigenvalue weighted by Gasteiger charge is 2.27. The van der Waals surface area contributed by atoms with E-state index in [2.05, 4.69) is 16.9 Å². The molecule has 2 heterocycles. The molecule has 1 aromatic heterocycles. The summed E-state index contributed by atoms with van der Waals surface area (Å²) in [5.74, 6) is -0.279. The number of hydrogen-bond acceptors (Lipinski definition) is 6. The van der Waals surface area contributed by atoms with Crippen LogP contribution in [0.5, 0.6) is 0 Å². The lowest BCUT2D eigenvalue weighted by molar-refractivity contribution is 0.0526. The van der Waals surface area contributed by atoms with Crippen LogP contribution in [0.1, 0.15) is 34.6 Å². The third kappa shape index (κ3) is 3.19. The second-order valence-corrected chi connectivity index (χ2v) is 5.67. The molecule has 0 aliphatic carbocycles. The SMILES string of the molecule is CCOC=Nc1sc2c(c1C(=O)OCC)CCN(C)C2. The molecule has 0 fully saturated rings. The first-order valence-corrected chi connectivity index (χ1v) is 7.63. The molecule has 5 nitrogen and oxygen atoms in total. The van der Waals surface area contributed by atoms with Crippen LogP contribution in [0.4, 0.5) is 5.00 Å². The number of hydrogen-bond donors (Lipinski definition) is 0. The molecule has 0 saturated carbocycles. The third-order valence-electron chi connectivity index (χ3n) is 3.12. The van der Waals surface area contributed by atoms with Gasteiger partial charge in [-0.05, 0) is 32.9 Å². The Bertz CT molecular complexity index is 511. The summed E-state index contributed by atoms with van der Waals surface area (Å²) in [6, 6.07) is 0. The van der Waals surface area contributed by atoms with Crippen molar-refractivity contribution in [1.82, 2.24) is 4.90 Å². The number of ether oxygens (including phenoxy) is 2. The fourth-order valence-corrected chi connectivity index (χ4v) is 3.43. The lowest BCUT2D eigenvalue weighted by Gasteiger charge is -2.22. The first kappa shape index (κ1) is 15.0. The third-order valence-corrected chi connectivity index (χ3v) is 4.24. The van der Waals surface area contributed by atoms with Crippen LogP contribution in [-0.4, -0.2) is 44.1 Å². The number of fused-ring (bicyclic) bond motifs is 1. The smallest absolute Gasteiger partial charge is 0.341 e. The maximum absolute atomic E-state index is 12.2. The average molecular weight is 296 g/mol. The lowest BCUT2D eigenvalue weighted by atomic mass is 10.0. The van der Waals surface area contributed by atoms with Gasteiger partial charge < -0.3 is 14.4 Å². The molecule has 0 amide bonds. The molecule has 1 aliphatic heterocycles. The number of esters is 1. The second kappa shape index (κ2) is 6.85. The predicted octanol–water partition coefficient (Wildman–Crippen LogP) is 2.61. The van der Waals surface area contributed by atoms with Gasteiger partial charge in [0.15, 0.2) is 6.40 Å². The number of carbonyl (C=O) groups is 1. The number of nitrogens with zero attached hydrogens (tertiary/aromatic N) is 2. The number of likely N-dealkylation sites (N-methyl/N-ethyl adjacent to an activating group) is 1. The molecule has 0 unspecified atom stereocenters.